The molecule has 0 amide bonds. The van der Waals surface area contributed by atoms with Crippen LogP contribution in [-0.4, -0.2) is 30.1 Å². The normalized spacial score (nSPS) is 37.9. The second-order valence-corrected chi connectivity index (χ2v) is 3.48. The second kappa shape index (κ2) is 2.32. The molecule has 2 atom stereocenters. The van der Waals surface area contributed by atoms with E-state index in [2.05, 4.69) is 5.32 Å². The minimum atomic E-state index is -0.537. The molecule has 0 radical (unpaired) electrons. The van der Waals surface area contributed by atoms with Crippen LogP contribution in [0.15, 0.2) is 0 Å². The maximum absolute atomic E-state index is 10.3. The second-order valence-electron chi connectivity index (χ2n) is 3.48. The van der Waals surface area contributed by atoms with Gasteiger partial charge in [-0.25, -0.2) is 0 Å². The molecule has 0 saturated carbocycles. The topological polar surface area (TPSA) is 49.3 Å². The number of aliphatic hydroxyl groups excluding tert-OH is 1. The van der Waals surface area contributed by atoms with Gasteiger partial charge in [-0.15, -0.1) is 0 Å². The fraction of sp³-hybridized carbons (Fsp3) is 0.857. The van der Waals surface area contributed by atoms with Crippen molar-refractivity contribution in [3.05, 3.63) is 0 Å². The molecule has 1 heterocycles. The number of rotatable bonds is 1. The van der Waals surface area contributed by atoms with Gasteiger partial charge in [-0.1, -0.05) is 13.8 Å². The number of hydrogen-bond donors (Lipinski definition) is 2. The van der Waals surface area contributed by atoms with Gasteiger partial charge in [-0.05, 0) is 0 Å². The number of aldehydes is 1. The number of carbonyl (C=O) groups excluding carboxylic acids is 1. The fourth-order valence-corrected chi connectivity index (χ4v) is 1.21. The Morgan fingerprint density at radius 3 is 2.50 bits per heavy atom. The van der Waals surface area contributed by atoms with Gasteiger partial charge in [0.25, 0.3) is 0 Å². The Balaban J connectivity index is 2.66. The molecule has 0 aromatic rings. The average molecular weight is 143 g/mol. The first-order valence-corrected chi connectivity index (χ1v) is 3.45. The first-order chi connectivity index (χ1) is 4.58. The van der Waals surface area contributed by atoms with Crippen molar-refractivity contribution < 1.29 is 9.90 Å². The summed E-state index contributed by atoms with van der Waals surface area (Å²) < 4.78 is 0. The van der Waals surface area contributed by atoms with E-state index in [9.17, 15) is 9.90 Å². The Hall–Kier alpha value is -0.410. The van der Waals surface area contributed by atoms with Crippen molar-refractivity contribution in [1.82, 2.24) is 5.32 Å². The van der Waals surface area contributed by atoms with E-state index >= 15 is 0 Å². The quantitative estimate of drug-likeness (QED) is 0.488. The highest BCUT2D eigenvalue weighted by molar-refractivity contribution is 5.59. The van der Waals surface area contributed by atoms with E-state index < -0.39 is 6.10 Å². The molecule has 2 unspecified atom stereocenters. The molecule has 10 heavy (non-hydrogen) atoms. The Kier molecular flexibility index (Phi) is 1.79. The highest BCUT2D eigenvalue weighted by Crippen LogP contribution is 2.26. The lowest BCUT2D eigenvalue weighted by molar-refractivity contribution is -0.111. The molecule has 0 bridgehead atoms. The van der Waals surface area contributed by atoms with Gasteiger partial charge in [0.2, 0.25) is 0 Å². The third kappa shape index (κ3) is 1.07. The van der Waals surface area contributed by atoms with Crippen LogP contribution >= 0.6 is 0 Å². The highest BCUT2D eigenvalue weighted by Gasteiger charge is 2.40. The molecule has 0 aromatic carbocycles. The van der Waals surface area contributed by atoms with Crippen LogP contribution in [0.5, 0.6) is 0 Å². The van der Waals surface area contributed by atoms with E-state index in [1.165, 1.54) is 0 Å². The average Bonchev–Trinajstić information content (AvgIpc) is 2.10. The van der Waals surface area contributed by atoms with Gasteiger partial charge in [-0.2, -0.15) is 0 Å². The number of aliphatic hydroxyl groups is 1. The van der Waals surface area contributed by atoms with Crippen molar-refractivity contribution in [3.8, 4) is 0 Å². The third-order valence-corrected chi connectivity index (χ3v) is 2.08. The Morgan fingerprint density at radius 2 is 2.30 bits per heavy atom. The molecular formula is C7H13NO2. The molecule has 0 aliphatic carbocycles. The van der Waals surface area contributed by atoms with Crippen LogP contribution in [0.3, 0.4) is 0 Å². The number of carbonyl (C=O) groups is 1. The van der Waals surface area contributed by atoms with Crippen LogP contribution in [0.2, 0.25) is 0 Å². The van der Waals surface area contributed by atoms with Crippen molar-refractivity contribution in [3.63, 3.8) is 0 Å². The lowest BCUT2D eigenvalue weighted by Crippen LogP contribution is -2.35. The number of nitrogens with one attached hydrogen (secondary N) is 1. The molecule has 1 fully saturated rings. The summed E-state index contributed by atoms with van der Waals surface area (Å²) in [6.45, 7) is 4.58. The molecule has 0 spiro atoms. The predicted molar refractivity (Wildman–Crippen MR) is 37.6 cm³/mol. The zero-order chi connectivity index (χ0) is 7.78. The summed E-state index contributed by atoms with van der Waals surface area (Å²) in [6.07, 6.45) is 0.226. The van der Waals surface area contributed by atoms with Crippen LogP contribution in [-0.2, 0) is 4.79 Å². The van der Waals surface area contributed by atoms with Gasteiger partial charge in [0, 0.05) is 12.0 Å². The van der Waals surface area contributed by atoms with Crippen molar-refractivity contribution >= 4 is 6.29 Å². The van der Waals surface area contributed by atoms with E-state index in [0.717, 1.165) is 6.29 Å². The van der Waals surface area contributed by atoms with E-state index in [4.69, 9.17) is 0 Å². The van der Waals surface area contributed by atoms with Crippen LogP contribution in [0, 0.1) is 5.41 Å². The minimum absolute atomic E-state index is 0.161. The van der Waals surface area contributed by atoms with E-state index in [1.54, 1.807) is 0 Å². The lowest BCUT2D eigenvalue weighted by Gasteiger charge is -2.21. The van der Waals surface area contributed by atoms with Gasteiger partial charge >= 0.3 is 0 Å². The van der Waals surface area contributed by atoms with Crippen molar-refractivity contribution in [2.45, 2.75) is 26.0 Å². The highest BCUT2D eigenvalue weighted by atomic mass is 16.3. The molecule has 1 saturated heterocycles. The largest absolute Gasteiger partial charge is 0.390 e. The van der Waals surface area contributed by atoms with Crippen molar-refractivity contribution in [2.24, 2.45) is 5.41 Å². The zero-order valence-corrected chi connectivity index (χ0v) is 6.29. The summed E-state index contributed by atoms with van der Waals surface area (Å²) in [5.41, 5.74) is -0.161. The van der Waals surface area contributed by atoms with Crippen molar-refractivity contribution in [2.75, 3.05) is 6.54 Å². The Bertz CT molecular complexity index is 145. The predicted octanol–water partition coefficient (Wildman–Crippen LogP) is -0.456. The molecule has 58 valence electrons. The minimum Gasteiger partial charge on any atom is -0.390 e. The fourth-order valence-electron chi connectivity index (χ4n) is 1.21. The van der Waals surface area contributed by atoms with Crippen LogP contribution < -0.4 is 5.32 Å². The summed E-state index contributed by atoms with van der Waals surface area (Å²) in [5.74, 6) is 0. The number of hydrogen-bond acceptors (Lipinski definition) is 3. The molecular weight excluding hydrogens is 130 g/mol. The van der Waals surface area contributed by atoms with Crippen LogP contribution in [0.25, 0.3) is 0 Å². The standard InChI is InChI=1S/C7H13NO2/c1-7(2)4-8-5(3-9)6(7)10/h3,5-6,8,10H,4H2,1-2H3. The van der Waals surface area contributed by atoms with Crippen molar-refractivity contribution in [1.29, 1.82) is 0 Å². The summed E-state index contributed by atoms with van der Waals surface area (Å²) in [5, 5.41) is 12.4. The Morgan fingerprint density at radius 1 is 1.70 bits per heavy atom. The van der Waals surface area contributed by atoms with Gasteiger partial charge < -0.3 is 15.2 Å². The zero-order valence-electron chi connectivity index (χ0n) is 6.29. The van der Waals surface area contributed by atoms with Gasteiger partial charge in [0.05, 0.1) is 12.1 Å². The summed E-state index contributed by atoms with van der Waals surface area (Å²) in [4.78, 5) is 10.3. The maximum Gasteiger partial charge on any atom is 0.139 e. The van der Waals surface area contributed by atoms with Gasteiger partial charge in [0.1, 0.15) is 6.29 Å². The lowest BCUT2D eigenvalue weighted by atomic mass is 9.88. The Labute approximate surface area is 60.4 Å². The smallest absolute Gasteiger partial charge is 0.139 e. The summed E-state index contributed by atoms with van der Waals surface area (Å²) >= 11 is 0. The van der Waals surface area contributed by atoms with Gasteiger partial charge in [-0.3, -0.25) is 0 Å². The molecule has 1 aliphatic heterocycles. The third-order valence-electron chi connectivity index (χ3n) is 2.08. The molecule has 3 heteroatoms. The van der Waals surface area contributed by atoms with E-state index in [1.807, 2.05) is 13.8 Å². The van der Waals surface area contributed by atoms with Crippen LogP contribution in [0.1, 0.15) is 13.8 Å². The first-order valence-electron chi connectivity index (χ1n) is 3.45. The molecule has 1 aliphatic rings. The SMILES string of the molecule is CC1(C)CNC(C=O)C1O. The van der Waals surface area contributed by atoms with Crippen LogP contribution in [0.4, 0.5) is 0 Å². The molecule has 1 rings (SSSR count). The first kappa shape index (κ1) is 7.69. The summed E-state index contributed by atoms with van der Waals surface area (Å²) in [6, 6.07) is -0.366. The maximum atomic E-state index is 10.3. The molecule has 2 N–H and O–H groups in total. The van der Waals surface area contributed by atoms with E-state index in [0.29, 0.717) is 6.54 Å². The van der Waals surface area contributed by atoms with E-state index in [-0.39, 0.29) is 11.5 Å². The van der Waals surface area contributed by atoms with Gasteiger partial charge in [0.15, 0.2) is 0 Å². The molecule has 3 nitrogen and oxygen atoms in total. The summed E-state index contributed by atoms with van der Waals surface area (Å²) in [7, 11) is 0. The monoisotopic (exact) mass is 143 g/mol. The molecule has 0 aromatic heterocycles.